The molecule has 2 N–H and O–H groups in total. The Bertz CT molecular complexity index is 685. The first-order valence-corrected chi connectivity index (χ1v) is 7.89. The van der Waals surface area contributed by atoms with Crippen LogP contribution in [0.5, 0.6) is 0 Å². The Balaban J connectivity index is 1.92. The van der Waals surface area contributed by atoms with Gasteiger partial charge in [-0.05, 0) is 24.1 Å². The molecular formula is C15H18BrN5O. The molecule has 0 fully saturated rings. The van der Waals surface area contributed by atoms with Gasteiger partial charge < -0.3 is 15.2 Å². The maximum absolute atomic E-state index is 11.8. The predicted octanol–water partition coefficient (Wildman–Crippen LogP) is 2.51. The van der Waals surface area contributed by atoms with Crippen molar-refractivity contribution in [3.8, 4) is 0 Å². The van der Waals surface area contributed by atoms with Gasteiger partial charge in [0.1, 0.15) is 0 Å². The number of hydrogen-bond donors (Lipinski definition) is 2. The summed E-state index contributed by atoms with van der Waals surface area (Å²) in [6.45, 7) is 1.74. The number of H-pyrrole nitrogens is 1. The molecule has 1 aliphatic heterocycles. The first-order valence-electron chi connectivity index (χ1n) is 7.10. The van der Waals surface area contributed by atoms with Crippen molar-refractivity contribution in [3.05, 3.63) is 40.4 Å². The fourth-order valence-electron chi connectivity index (χ4n) is 2.72. The molecule has 6 nitrogen and oxygen atoms in total. The molecule has 0 spiro atoms. The van der Waals surface area contributed by atoms with Gasteiger partial charge in [0.15, 0.2) is 0 Å². The van der Waals surface area contributed by atoms with Crippen molar-refractivity contribution in [1.29, 1.82) is 0 Å². The average molecular weight is 364 g/mol. The molecule has 1 aromatic carbocycles. The predicted molar refractivity (Wildman–Crippen MR) is 90.3 cm³/mol. The van der Waals surface area contributed by atoms with Crippen molar-refractivity contribution in [2.75, 3.05) is 30.4 Å². The molecule has 0 unspecified atom stereocenters. The van der Waals surface area contributed by atoms with Gasteiger partial charge in [-0.1, -0.05) is 15.9 Å². The summed E-state index contributed by atoms with van der Waals surface area (Å²) in [7, 11) is 3.40. The van der Waals surface area contributed by atoms with Crippen LogP contribution in [0.1, 0.15) is 11.3 Å². The normalized spacial score (nSPS) is 13.1. The third kappa shape index (κ3) is 2.68. The molecule has 0 saturated heterocycles. The third-order valence-corrected chi connectivity index (χ3v) is 4.66. The van der Waals surface area contributed by atoms with Crippen molar-refractivity contribution in [2.24, 2.45) is 0 Å². The largest absolute Gasteiger partial charge is 0.365 e. The zero-order valence-corrected chi connectivity index (χ0v) is 14.1. The van der Waals surface area contributed by atoms with Gasteiger partial charge in [-0.25, -0.2) is 9.78 Å². The first-order chi connectivity index (χ1) is 10.6. The molecule has 3 rings (SSSR count). The molecule has 2 heterocycles. The summed E-state index contributed by atoms with van der Waals surface area (Å²) < 4.78 is 1.04. The summed E-state index contributed by atoms with van der Waals surface area (Å²) in [5, 5.41) is 2.64. The Hall–Kier alpha value is -2.02. The third-order valence-electron chi connectivity index (χ3n) is 3.95. The molecule has 116 valence electrons. The van der Waals surface area contributed by atoms with E-state index in [0.29, 0.717) is 0 Å². The highest BCUT2D eigenvalue weighted by molar-refractivity contribution is 9.10. The Kier molecular flexibility index (Phi) is 4.06. The van der Waals surface area contributed by atoms with Gasteiger partial charge >= 0.3 is 6.03 Å². The van der Waals surface area contributed by atoms with Crippen molar-refractivity contribution >= 4 is 33.3 Å². The second kappa shape index (κ2) is 6.00. The molecule has 2 amide bonds. The van der Waals surface area contributed by atoms with E-state index in [1.165, 1.54) is 5.56 Å². The van der Waals surface area contributed by atoms with Crippen LogP contribution in [0.4, 0.5) is 16.2 Å². The van der Waals surface area contributed by atoms with Crippen LogP contribution in [-0.2, 0) is 13.0 Å². The number of urea groups is 1. The molecule has 2 aromatic rings. The van der Waals surface area contributed by atoms with Gasteiger partial charge in [-0.2, -0.15) is 0 Å². The number of benzene rings is 1. The number of rotatable bonds is 3. The van der Waals surface area contributed by atoms with Crippen LogP contribution in [0, 0.1) is 0 Å². The number of fused-ring (bicyclic) bond motifs is 1. The van der Waals surface area contributed by atoms with Gasteiger partial charge in [-0.15, -0.1) is 0 Å². The van der Waals surface area contributed by atoms with Crippen LogP contribution in [0.3, 0.4) is 0 Å². The lowest BCUT2D eigenvalue weighted by Gasteiger charge is -2.22. The molecule has 1 aromatic heterocycles. The maximum Gasteiger partial charge on any atom is 0.321 e. The van der Waals surface area contributed by atoms with E-state index in [4.69, 9.17) is 0 Å². The van der Waals surface area contributed by atoms with Crippen LogP contribution in [0.25, 0.3) is 0 Å². The van der Waals surface area contributed by atoms with Crippen molar-refractivity contribution in [1.82, 2.24) is 15.3 Å². The molecule has 0 saturated carbocycles. The second-order valence-electron chi connectivity index (χ2n) is 5.29. The Labute approximate surface area is 137 Å². The highest BCUT2D eigenvalue weighted by atomic mass is 79.9. The number of carbonyl (C=O) groups excluding carboxylic acids is 1. The van der Waals surface area contributed by atoms with E-state index in [1.54, 1.807) is 25.3 Å². The molecular weight excluding hydrogens is 346 g/mol. The summed E-state index contributed by atoms with van der Waals surface area (Å²) in [5.41, 5.74) is 4.39. The second-order valence-corrected chi connectivity index (χ2v) is 6.14. The van der Waals surface area contributed by atoms with E-state index in [0.717, 1.165) is 41.1 Å². The fraction of sp³-hybridized carbons (Fsp3) is 0.333. The number of anilines is 2. The van der Waals surface area contributed by atoms with Gasteiger partial charge in [-0.3, -0.25) is 4.90 Å². The molecule has 0 aliphatic carbocycles. The lowest BCUT2D eigenvalue weighted by molar-refractivity contribution is 0.249. The van der Waals surface area contributed by atoms with Crippen molar-refractivity contribution < 1.29 is 4.79 Å². The van der Waals surface area contributed by atoms with Crippen molar-refractivity contribution in [3.63, 3.8) is 0 Å². The summed E-state index contributed by atoms with van der Waals surface area (Å²) in [4.78, 5) is 22.9. The number of carbonyl (C=O) groups is 1. The van der Waals surface area contributed by atoms with E-state index in [1.807, 2.05) is 12.3 Å². The number of amides is 2. The van der Waals surface area contributed by atoms with Gasteiger partial charge in [0.2, 0.25) is 0 Å². The van der Waals surface area contributed by atoms with E-state index >= 15 is 0 Å². The van der Waals surface area contributed by atoms with Crippen LogP contribution < -0.4 is 15.1 Å². The highest BCUT2D eigenvalue weighted by Gasteiger charge is 2.24. The van der Waals surface area contributed by atoms with Crippen LogP contribution >= 0.6 is 15.9 Å². The molecule has 7 heteroatoms. The van der Waals surface area contributed by atoms with E-state index in [2.05, 4.69) is 42.2 Å². The Morgan fingerprint density at radius 1 is 1.55 bits per heavy atom. The fourth-order valence-corrected chi connectivity index (χ4v) is 3.36. The number of hydrogen-bond acceptors (Lipinski definition) is 3. The quantitative estimate of drug-likeness (QED) is 0.880. The molecule has 0 bridgehead atoms. The lowest BCUT2D eigenvalue weighted by Crippen LogP contribution is -2.34. The minimum absolute atomic E-state index is 0.134. The smallest absolute Gasteiger partial charge is 0.321 e. The summed E-state index contributed by atoms with van der Waals surface area (Å²) >= 11 is 3.64. The number of imidazole rings is 1. The summed E-state index contributed by atoms with van der Waals surface area (Å²) in [5.74, 6) is 0. The maximum atomic E-state index is 11.8. The summed E-state index contributed by atoms with van der Waals surface area (Å²) in [6.07, 6.45) is 4.53. The summed E-state index contributed by atoms with van der Waals surface area (Å²) in [6, 6.07) is 3.93. The molecule has 0 atom stereocenters. The number of nitrogens with zero attached hydrogens (tertiary/aromatic N) is 3. The monoisotopic (exact) mass is 363 g/mol. The number of aromatic nitrogens is 2. The highest BCUT2D eigenvalue weighted by Crippen LogP contribution is 2.38. The SMILES string of the molecule is CNC(=O)N(C)c1cc(Br)c2c(c1)N(Cc1cnc[nH]1)CC2. The van der Waals surface area contributed by atoms with Gasteiger partial charge in [0, 0.05) is 42.7 Å². The Morgan fingerprint density at radius 2 is 2.36 bits per heavy atom. The number of nitrogens with one attached hydrogen (secondary N) is 2. The topological polar surface area (TPSA) is 64.3 Å². The Morgan fingerprint density at radius 3 is 3.05 bits per heavy atom. The number of aromatic amines is 1. The minimum atomic E-state index is -0.134. The number of halogens is 1. The first kappa shape index (κ1) is 14.9. The molecule has 0 radical (unpaired) electrons. The van der Waals surface area contributed by atoms with Gasteiger partial charge in [0.25, 0.3) is 0 Å². The van der Waals surface area contributed by atoms with E-state index < -0.39 is 0 Å². The lowest BCUT2D eigenvalue weighted by atomic mass is 10.1. The van der Waals surface area contributed by atoms with E-state index in [-0.39, 0.29) is 6.03 Å². The minimum Gasteiger partial charge on any atom is -0.365 e. The zero-order chi connectivity index (χ0) is 15.7. The van der Waals surface area contributed by atoms with Crippen LogP contribution in [-0.4, -0.2) is 36.6 Å². The standard InChI is InChI=1S/C15H18BrN5O/c1-17-15(22)20(2)11-5-13(16)12-3-4-21(14(12)6-11)8-10-7-18-9-19-10/h5-7,9H,3-4,8H2,1-2H3,(H,17,22)(H,18,19). The van der Waals surface area contributed by atoms with Crippen LogP contribution in [0.15, 0.2) is 29.1 Å². The average Bonchev–Trinajstić information content (AvgIpc) is 3.16. The van der Waals surface area contributed by atoms with Crippen LogP contribution in [0.2, 0.25) is 0 Å². The molecule has 22 heavy (non-hydrogen) atoms. The zero-order valence-electron chi connectivity index (χ0n) is 12.6. The van der Waals surface area contributed by atoms with E-state index in [9.17, 15) is 4.79 Å². The molecule has 1 aliphatic rings. The van der Waals surface area contributed by atoms with Crippen molar-refractivity contribution in [2.45, 2.75) is 13.0 Å². The van der Waals surface area contributed by atoms with Gasteiger partial charge in [0.05, 0.1) is 18.6 Å².